The third-order valence-electron chi connectivity index (χ3n) is 7.88. The van der Waals surface area contributed by atoms with Gasteiger partial charge in [-0.1, -0.05) is 113 Å². The topological polar surface area (TPSA) is 87.7 Å². The van der Waals surface area contributed by atoms with E-state index >= 15 is 0 Å². The second-order valence-electron chi connectivity index (χ2n) is 11.5. The number of carbonyl (C=O) groups excluding carboxylic acids is 3. The summed E-state index contributed by atoms with van der Waals surface area (Å²) in [6.07, 6.45) is 14.7. The second kappa shape index (κ2) is 21.1. The summed E-state index contributed by atoms with van der Waals surface area (Å²) >= 11 is 0. The number of nitrogens with zero attached hydrogens (tertiary/aromatic N) is 1. The molecule has 3 rings (SSSR count). The fraction of sp³-hybridized carbons (Fsp3) is 0.541. The largest absolute Gasteiger partial charge is 0.378 e. The summed E-state index contributed by atoms with van der Waals surface area (Å²) < 4.78 is 5.55. The summed E-state index contributed by atoms with van der Waals surface area (Å²) in [6.45, 7) is 4.23. The number of benzene rings is 2. The van der Waals surface area contributed by atoms with Crippen LogP contribution in [0.3, 0.4) is 0 Å². The lowest BCUT2D eigenvalue weighted by Gasteiger charge is -2.26. The van der Waals surface area contributed by atoms with Crippen LogP contribution in [-0.4, -0.2) is 44.0 Å². The van der Waals surface area contributed by atoms with Crippen LogP contribution in [0.15, 0.2) is 48.5 Å². The van der Waals surface area contributed by atoms with Crippen molar-refractivity contribution in [1.82, 2.24) is 10.6 Å². The molecule has 0 fully saturated rings. The van der Waals surface area contributed by atoms with Gasteiger partial charge in [-0.3, -0.25) is 14.4 Å². The smallest absolute Gasteiger partial charge is 0.227 e. The normalized spacial score (nSPS) is 11.8. The van der Waals surface area contributed by atoms with Crippen molar-refractivity contribution in [3.63, 3.8) is 0 Å². The lowest BCUT2D eigenvalue weighted by Crippen LogP contribution is -2.34. The second-order valence-corrected chi connectivity index (χ2v) is 11.5. The molecule has 2 aromatic rings. The first-order valence-electron chi connectivity index (χ1n) is 16.7. The first kappa shape index (κ1) is 34.9. The van der Waals surface area contributed by atoms with Crippen LogP contribution in [-0.2, 0) is 25.7 Å². The number of hydrogen-bond donors (Lipinski definition) is 2. The Hall–Kier alpha value is -3.63. The molecular formula is C37H51N3O4. The van der Waals surface area contributed by atoms with E-state index < -0.39 is 0 Å². The third kappa shape index (κ3) is 13.3. The number of unbranched alkanes of at least 4 members (excludes halogenated alkanes) is 10. The molecular weight excluding hydrogens is 550 g/mol. The first-order valence-corrected chi connectivity index (χ1v) is 16.7. The van der Waals surface area contributed by atoms with Crippen LogP contribution in [0.5, 0.6) is 0 Å². The molecule has 7 nitrogen and oxygen atoms in total. The Morgan fingerprint density at radius 1 is 0.682 bits per heavy atom. The molecule has 0 bridgehead atoms. The Labute approximate surface area is 264 Å². The number of carbonyl (C=O) groups is 3. The van der Waals surface area contributed by atoms with Crippen molar-refractivity contribution in [2.24, 2.45) is 0 Å². The van der Waals surface area contributed by atoms with E-state index in [9.17, 15) is 14.4 Å². The van der Waals surface area contributed by atoms with Crippen molar-refractivity contribution < 1.29 is 19.1 Å². The van der Waals surface area contributed by atoms with Crippen molar-refractivity contribution in [3.05, 3.63) is 65.2 Å². The minimum Gasteiger partial charge on any atom is -0.378 e. The van der Waals surface area contributed by atoms with Gasteiger partial charge in [0.25, 0.3) is 0 Å². The molecule has 0 radical (unpaired) electrons. The van der Waals surface area contributed by atoms with Crippen molar-refractivity contribution in [2.45, 2.75) is 103 Å². The van der Waals surface area contributed by atoms with Crippen LogP contribution in [0.1, 0.15) is 114 Å². The Morgan fingerprint density at radius 2 is 1.23 bits per heavy atom. The van der Waals surface area contributed by atoms with Gasteiger partial charge in [0.1, 0.15) is 0 Å². The van der Waals surface area contributed by atoms with Crippen molar-refractivity contribution >= 4 is 23.4 Å². The van der Waals surface area contributed by atoms with E-state index in [1.807, 2.05) is 48.5 Å². The van der Waals surface area contributed by atoms with Gasteiger partial charge in [-0.05, 0) is 30.2 Å². The van der Waals surface area contributed by atoms with Gasteiger partial charge in [-0.2, -0.15) is 0 Å². The van der Waals surface area contributed by atoms with Crippen LogP contribution in [0.4, 0.5) is 5.69 Å². The quantitative estimate of drug-likeness (QED) is 0.124. The van der Waals surface area contributed by atoms with Gasteiger partial charge in [-0.15, -0.1) is 0 Å². The van der Waals surface area contributed by atoms with Gasteiger partial charge < -0.3 is 20.3 Å². The van der Waals surface area contributed by atoms with Crippen molar-refractivity contribution in [1.29, 1.82) is 0 Å². The maximum atomic E-state index is 13.3. The van der Waals surface area contributed by atoms with E-state index in [1.54, 1.807) is 4.90 Å². The van der Waals surface area contributed by atoms with E-state index in [4.69, 9.17) is 4.74 Å². The SMILES string of the molecule is CCCCCCCCCCCCCC(=O)NCCOCCNC(=O)CCC(=O)N1Cc2ccccc2C#Cc2ccccc21. The standard InChI is InChI=1S/C37H51N3O4/c1-2-3-4-5-6-7-8-9-10-11-12-21-35(41)38-26-28-44-29-27-39-36(42)24-25-37(43)40-30-33-19-14-13-17-31(33)22-23-32-18-15-16-20-34(32)40/h13-20H,2-12,21,24-30H2,1H3,(H,38,41)(H,39,42). The number of ether oxygens (including phenoxy) is 1. The summed E-state index contributed by atoms with van der Waals surface area (Å²) in [4.78, 5) is 39.4. The minimum absolute atomic E-state index is 0.0701. The van der Waals surface area contributed by atoms with Gasteiger partial charge in [0.2, 0.25) is 17.7 Å². The highest BCUT2D eigenvalue weighted by Gasteiger charge is 2.21. The number of anilines is 1. The predicted octanol–water partition coefficient (Wildman–Crippen LogP) is 6.66. The van der Waals surface area contributed by atoms with E-state index in [1.165, 1.54) is 57.8 Å². The number of fused-ring (bicyclic) bond motifs is 2. The molecule has 238 valence electrons. The average molecular weight is 602 g/mol. The van der Waals surface area contributed by atoms with Crippen LogP contribution in [0, 0.1) is 11.8 Å². The summed E-state index contributed by atoms with van der Waals surface area (Å²) in [6, 6.07) is 15.4. The summed E-state index contributed by atoms with van der Waals surface area (Å²) in [5, 5.41) is 5.72. The number of rotatable bonds is 21. The fourth-order valence-corrected chi connectivity index (χ4v) is 5.32. The molecule has 1 aliphatic rings. The van der Waals surface area contributed by atoms with Crippen molar-refractivity contribution in [3.8, 4) is 11.8 Å². The fourth-order valence-electron chi connectivity index (χ4n) is 5.32. The zero-order valence-electron chi connectivity index (χ0n) is 26.6. The number of para-hydroxylation sites is 1. The van der Waals surface area contributed by atoms with E-state index in [0.717, 1.165) is 35.2 Å². The number of amides is 3. The molecule has 2 aromatic carbocycles. The molecule has 1 heterocycles. The van der Waals surface area contributed by atoms with E-state index in [-0.39, 0.29) is 30.6 Å². The van der Waals surface area contributed by atoms with Gasteiger partial charge in [0.05, 0.1) is 25.4 Å². The highest BCUT2D eigenvalue weighted by atomic mass is 16.5. The van der Waals surface area contributed by atoms with Crippen LogP contribution < -0.4 is 15.5 Å². The highest BCUT2D eigenvalue weighted by Crippen LogP contribution is 2.26. The van der Waals surface area contributed by atoms with E-state index in [2.05, 4.69) is 29.4 Å². The molecule has 0 unspecified atom stereocenters. The number of hydrogen-bond acceptors (Lipinski definition) is 4. The van der Waals surface area contributed by atoms with Gasteiger partial charge >= 0.3 is 0 Å². The van der Waals surface area contributed by atoms with E-state index in [0.29, 0.717) is 39.3 Å². The Kier molecular flexibility index (Phi) is 16.7. The molecule has 0 atom stereocenters. The molecule has 7 heteroatoms. The van der Waals surface area contributed by atoms with Gasteiger partial charge in [0, 0.05) is 43.5 Å². The molecule has 1 aliphatic heterocycles. The molecule has 3 amide bonds. The molecule has 0 saturated carbocycles. The lowest BCUT2D eigenvalue weighted by molar-refractivity contribution is -0.125. The number of nitrogens with one attached hydrogen (secondary N) is 2. The molecule has 2 N–H and O–H groups in total. The summed E-state index contributed by atoms with van der Waals surface area (Å²) in [5.41, 5.74) is 3.44. The third-order valence-corrected chi connectivity index (χ3v) is 7.88. The molecule has 44 heavy (non-hydrogen) atoms. The summed E-state index contributed by atoms with van der Waals surface area (Å²) in [5.74, 6) is 6.16. The Morgan fingerprint density at radius 3 is 1.91 bits per heavy atom. The monoisotopic (exact) mass is 601 g/mol. The minimum atomic E-state index is -0.192. The molecule has 0 aromatic heterocycles. The summed E-state index contributed by atoms with van der Waals surface area (Å²) in [7, 11) is 0. The Bertz CT molecular complexity index is 1230. The van der Waals surface area contributed by atoms with Crippen LogP contribution in [0.2, 0.25) is 0 Å². The highest BCUT2D eigenvalue weighted by molar-refractivity contribution is 5.96. The first-order chi connectivity index (χ1) is 21.6. The zero-order valence-corrected chi connectivity index (χ0v) is 26.6. The van der Waals surface area contributed by atoms with Crippen molar-refractivity contribution in [2.75, 3.05) is 31.2 Å². The lowest BCUT2D eigenvalue weighted by atomic mass is 10.0. The molecule has 0 aliphatic carbocycles. The van der Waals surface area contributed by atoms with Gasteiger partial charge in [-0.25, -0.2) is 0 Å². The predicted molar refractivity (Wildman–Crippen MR) is 177 cm³/mol. The maximum absolute atomic E-state index is 13.3. The van der Waals surface area contributed by atoms with Crippen LogP contribution in [0.25, 0.3) is 0 Å². The maximum Gasteiger partial charge on any atom is 0.227 e. The molecule has 0 saturated heterocycles. The Balaban J connectivity index is 1.21. The molecule has 0 spiro atoms. The average Bonchev–Trinajstić information content (AvgIpc) is 3.03. The van der Waals surface area contributed by atoms with Crippen LogP contribution >= 0.6 is 0 Å². The zero-order chi connectivity index (χ0) is 31.2. The van der Waals surface area contributed by atoms with Gasteiger partial charge in [0.15, 0.2) is 0 Å².